The molecule has 5 aromatic carbocycles. The number of ether oxygens (including phenoxy) is 1. The molecular weight excluding hydrogens is 695 g/mol. The number of nitrogens with one attached hydrogen (secondary N) is 4. The number of hydrogen-bond donors (Lipinski definition) is 6. The van der Waals surface area contributed by atoms with E-state index in [0.29, 0.717) is 60.9 Å². The summed E-state index contributed by atoms with van der Waals surface area (Å²) in [5, 5.41) is 33.0. The number of H-pyrrole nitrogens is 1. The molecule has 1 aliphatic heterocycles. The van der Waals surface area contributed by atoms with Gasteiger partial charge in [-0.2, -0.15) is 0 Å². The molecule has 6 aromatic rings. The number of phenols is 1. The lowest BCUT2D eigenvalue weighted by Crippen LogP contribution is -2.39. The fraction of sp³-hybridized carbons (Fsp3) is 0.250. The molecule has 0 aliphatic carbocycles. The maximum absolute atomic E-state index is 13.1. The zero-order valence-corrected chi connectivity index (χ0v) is 30.5. The summed E-state index contributed by atoms with van der Waals surface area (Å²) in [6.07, 6.45) is 0.949. The van der Waals surface area contributed by atoms with Crippen LogP contribution in [0.1, 0.15) is 36.5 Å². The molecule has 282 valence electrons. The lowest BCUT2D eigenvalue weighted by molar-refractivity contribution is -0.116. The number of para-hydroxylation sites is 1. The maximum atomic E-state index is 13.1. The average Bonchev–Trinajstić information content (AvgIpc) is 3.20. The number of likely N-dealkylation sites (tertiary alicyclic amines) is 1. The Balaban J connectivity index is 0.860. The van der Waals surface area contributed by atoms with E-state index in [1.165, 1.54) is 12.1 Å². The van der Waals surface area contributed by atoms with Crippen LogP contribution in [0.5, 0.6) is 5.75 Å². The number of hydrogen-bond acceptors (Lipinski definition) is 8. The van der Waals surface area contributed by atoms with Crippen LogP contribution >= 0.6 is 0 Å². The number of nitrogens with zero attached hydrogens (tertiary/aromatic N) is 1. The molecule has 6 N–H and O–H groups in total. The van der Waals surface area contributed by atoms with E-state index in [2.05, 4.69) is 25.8 Å². The number of pyridine rings is 1. The molecular formula is C44H45N5O6. The van der Waals surface area contributed by atoms with Gasteiger partial charge in [-0.15, -0.1) is 0 Å². The number of aromatic nitrogens is 1. The second-order valence-electron chi connectivity index (χ2n) is 13.9. The Morgan fingerprint density at radius 1 is 0.800 bits per heavy atom. The molecule has 1 aromatic heterocycles. The monoisotopic (exact) mass is 739 g/mol. The fourth-order valence-corrected chi connectivity index (χ4v) is 7.29. The highest BCUT2D eigenvalue weighted by molar-refractivity contribution is 6.03. The van der Waals surface area contributed by atoms with Crippen molar-refractivity contribution in [2.75, 3.05) is 43.4 Å². The fourth-order valence-electron chi connectivity index (χ4n) is 7.29. The zero-order chi connectivity index (χ0) is 38.1. The van der Waals surface area contributed by atoms with Crippen molar-refractivity contribution < 1.29 is 24.5 Å². The van der Waals surface area contributed by atoms with Gasteiger partial charge >= 0.3 is 6.09 Å². The third-order valence-electron chi connectivity index (χ3n) is 10.2. The first kappa shape index (κ1) is 37.3. The van der Waals surface area contributed by atoms with Gasteiger partial charge in [0.05, 0.1) is 17.3 Å². The Kier molecular flexibility index (Phi) is 11.8. The highest BCUT2D eigenvalue weighted by Crippen LogP contribution is 2.30. The normalized spacial score (nSPS) is 14.1. The second kappa shape index (κ2) is 17.4. The number of fused-ring (bicyclic) bond motifs is 2. The lowest BCUT2D eigenvalue weighted by atomic mass is 10.00. The molecule has 2 heterocycles. The summed E-state index contributed by atoms with van der Waals surface area (Å²) in [7, 11) is 0. The number of aromatic amines is 1. The first-order chi connectivity index (χ1) is 26.8. The van der Waals surface area contributed by atoms with Crippen molar-refractivity contribution in [1.82, 2.24) is 15.2 Å². The summed E-state index contributed by atoms with van der Waals surface area (Å²) in [5.41, 5.74) is 5.12. The molecule has 0 saturated carbocycles. The Bertz CT molecular complexity index is 2340. The largest absolute Gasteiger partial charge is 0.506 e. The van der Waals surface area contributed by atoms with Gasteiger partial charge in [0.2, 0.25) is 11.5 Å². The van der Waals surface area contributed by atoms with E-state index >= 15 is 0 Å². The van der Waals surface area contributed by atoms with Crippen LogP contribution in [0.4, 0.5) is 16.2 Å². The van der Waals surface area contributed by atoms with Crippen molar-refractivity contribution in [2.45, 2.75) is 37.9 Å². The van der Waals surface area contributed by atoms with Crippen LogP contribution in [0, 0.1) is 0 Å². The molecule has 0 radical (unpaired) electrons. The predicted octanol–water partition coefficient (Wildman–Crippen LogP) is 6.96. The highest BCUT2D eigenvalue weighted by atomic mass is 16.6. The minimum atomic E-state index is -0.844. The van der Waals surface area contributed by atoms with Crippen molar-refractivity contribution in [3.63, 3.8) is 0 Å². The predicted molar refractivity (Wildman–Crippen MR) is 216 cm³/mol. The van der Waals surface area contributed by atoms with Gasteiger partial charge in [-0.25, -0.2) is 4.79 Å². The highest BCUT2D eigenvalue weighted by Gasteiger charge is 2.23. The first-order valence-corrected chi connectivity index (χ1v) is 18.7. The molecule has 0 bridgehead atoms. The number of phenolic OH excluding ortho intramolecular Hbond substituents is 1. The Hall–Kier alpha value is -6.01. The van der Waals surface area contributed by atoms with Gasteiger partial charge in [0.1, 0.15) is 11.9 Å². The molecule has 1 saturated heterocycles. The number of benzene rings is 5. The van der Waals surface area contributed by atoms with E-state index in [0.717, 1.165) is 46.2 Å². The molecule has 11 heteroatoms. The molecule has 55 heavy (non-hydrogen) atoms. The first-order valence-electron chi connectivity index (χ1n) is 18.7. The summed E-state index contributed by atoms with van der Waals surface area (Å²) < 4.78 is 5.78. The SMILES string of the molecule is O=C(CCN1CCC(OC(=O)Nc2ccccc2-c2ccccc2)CC1)Nc1ccc(CCNC[C@H](O)c2ccc(O)c3[nH]c(=O)ccc23)c2ccccc12. The molecule has 2 amide bonds. The molecule has 7 rings (SSSR count). The molecule has 1 atom stereocenters. The topological polar surface area (TPSA) is 156 Å². The number of aromatic hydroxyl groups is 1. The van der Waals surface area contributed by atoms with E-state index < -0.39 is 12.2 Å². The summed E-state index contributed by atoms with van der Waals surface area (Å²) >= 11 is 0. The molecule has 1 aliphatic rings. The third kappa shape index (κ3) is 9.21. The zero-order valence-electron chi connectivity index (χ0n) is 30.5. The van der Waals surface area contributed by atoms with Crippen LogP contribution in [0.15, 0.2) is 120 Å². The van der Waals surface area contributed by atoms with Crippen LogP contribution in [-0.2, 0) is 16.0 Å². The Morgan fingerprint density at radius 2 is 1.55 bits per heavy atom. The number of amides is 2. The molecule has 11 nitrogen and oxygen atoms in total. The number of aliphatic hydroxyl groups is 1. The van der Waals surface area contributed by atoms with Gasteiger partial charge in [0, 0.05) is 60.7 Å². The summed E-state index contributed by atoms with van der Waals surface area (Å²) in [6.45, 7) is 2.98. The van der Waals surface area contributed by atoms with Crippen LogP contribution < -0.4 is 21.5 Å². The quantitative estimate of drug-likeness (QED) is 0.0695. The summed E-state index contributed by atoms with van der Waals surface area (Å²) in [6, 6.07) is 35.7. The van der Waals surface area contributed by atoms with E-state index in [9.17, 15) is 24.6 Å². The molecule has 1 fully saturated rings. The van der Waals surface area contributed by atoms with Gasteiger partial charge in [-0.1, -0.05) is 84.9 Å². The molecule has 0 unspecified atom stereocenters. The standard InChI is InChI=1S/C44H45N5O6/c50-39-18-15-35(36-16-19-41(52)48-43(36)39)40(51)28-45-24-20-30-14-17-38(34-12-5-4-10-32(30)34)46-42(53)23-27-49-25-21-31(22-26-49)55-44(54)47-37-13-7-6-11-33(37)29-8-2-1-3-9-29/h1-19,31,40,45,50-51H,20-28H2,(H,46,53)(H,47,54)(H,48,52)/t40-/m0/s1. The van der Waals surface area contributed by atoms with E-state index in [-0.39, 0.29) is 29.9 Å². The second-order valence-corrected chi connectivity index (χ2v) is 13.9. The maximum Gasteiger partial charge on any atom is 0.411 e. The number of carbonyl (C=O) groups is 2. The lowest BCUT2D eigenvalue weighted by Gasteiger charge is -2.31. The Labute approximate surface area is 319 Å². The van der Waals surface area contributed by atoms with Gasteiger partial charge in [-0.05, 0) is 72.1 Å². The van der Waals surface area contributed by atoms with Gasteiger partial charge in [0.25, 0.3) is 0 Å². The van der Waals surface area contributed by atoms with Crippen LogP contribution in [0.3, 0.4) is 0 Å². The summed E-state index contributed by atoms with van der Waals surface area (Å²) in [5.74, 6) is -0.107. The third-order valence-corrected chi connectivity index (χ3v) is 10.2. The molecule has 0 spiro atoms. The smallest absolute Gasteiger partial charge is 0.411 e. The van der Waals surface area contributed by atoms with Crippen molar-refractivity contribution in [3.05, 3.63) is 137 Å². The van der Waals surface area contributed by atoms with Crippen LogP contribution in [0.2, 0.25) is 0 Å². The number of aliphatic hydroxyl groups excluding tert-OH is 1. The van der Waals surface area contributed by atoms with Gasteiger partial charge < -0.3 is 35.5 Å². The van der Waals surface area contributed by atoms with Crippen LogP contribution in [0.25, 0.3) is 32.8 Å². The minimum Gasteiger partial charge on any atom is -0.506 e. The summed E-state index contributed by atoms with van der Waals surface area (Å²) in [4.78, 5) is 42.6. The van der Waals surface area contributed by atoms with E-state index in [1.807, 2.05) is 91.0 Å². The van der Waals surface area contributed by atoms with E-state index in [4.69, 9.17) is 4.74 Å². The number of carbonyl (C=O) groups excluding carboxylic acids is 2. The Morgan fingerprint density at radius 3 is 2.36 bits per heavy atom. The number of rotatable bonds is 13. The van der Waals surface area contributed by atoms with Crippen molar-refractivity contribution in [3.8, 4) is 16.9 Å². The van der Waals surface area contributed by atoms with Crippen molar-refractivity contribution in [2.24, 2.45) is 0 Å². The van der Waals surface area contributed by atoms with Gasteiger partial charge in [0.15, 0.2) is 0 Å². The van der Waals surface area contributed by atoms with Crippen molar-refractivity contribution in [1.29, 1.82) is 0 Å². The van der Waals surface area contributed by atoms with E-state index in [1.54, 1.807) is 12.1 Å². The number of anilines is 2. The van der Waals surface area contributed by atoms with Crippen molar-refractivity contribution >= 4 is 45.1 Å². The minimum absolute atomic E-state index is 0.0456. The van der Waals surface area contributed by atoms with Crippen LogP contribution in [-0.4, -0.2) is 70.9 Å². The number of piperidine rings is 1. The van der Waals surface area contributed by atoms with Gasteiger partial charge in [-0.3, -0.25) is 14.9 Å². The average molecular weight is 740 g/mol.